The van der Waals surface area contributed by atoms with Crippen LogP contribution in [-0.4, -0.2) is 45.8 Å². The van der Waals surface area contributed by atoms with Crippen molar-refractivity contribution in [3.8, 4) is 5.75 Å². The van der Waals surface area contributed by atoms with E-state index in [9.17, 15) is 9.90 Å². The Morgan fingerprint density at radius 2 is 2.19 bits per heavy atom. The molecule has 1 aromatic carbocycles. The number of fused-ring (bicyclic) bond motifs is 1. The Labute approximate surface area is 190 Å². The second-order valence-electron chi connectivity index (χ2n) is 7.70. The largest absolute Gasteiger partial charge is 0.491 e. The van der Waals surface area contributed by atoms with E-state index in [1.54, 1.807) is 15.9 Å². The highest BCUT2D eigenvalue weighted by molar-refractivity contribution is 7.99. The van der Waals surface area contributed by atoms with Crippen molar-refractivity contribution in [1.29, 1.82) is 0 Å². The van der Waals surface area contributed by atoms with Crippen molar-refractivity contribution in [1.82, 2.24) is 9.55 Å². The quantitative estimate of drug-likeness (QED) is 0.384. The maximum absolute atomic E-state index is 13.5. The van der Waals surface area contributed by atoms with Crippen molar-refractivity contribution in [3.05, 3.63) is 51.1 Å². The molecule has 2 atom stereocenters. The molecule has 4 rings (SSSR count). The normalized spacial score (nSPS) is 17.3. The van der Waals surface area contributed by atoms with Gasteiger partial charge in [-0.05, 0) is 43.9 Å². The Balaban J connectivity index is 1.55. The minimum atomic E-state index is -0.676. The molecule has 3 heterocycles. The van der Waals surface area contributed by atoms with Gasteiger partial charge in [0.05, 0.1) is 24.1 Å². The third-order valence-corrected chi connectivity index (χ3v) is 7.59. The van der Waals surface area contributed by atoms with Gasteiger partial charge in [-0.2, -0.15) is 0 Å². The molecule has 3 aromatic rings. The van der Waals surface area contributed by atoms with Gasteiger partial charge in [-0.15, -0.1) is 11.3 Å². The maximum Gasteiger partial charge on any atom is 0.263 e. The number of thiophene rings is 1. The third kappa shape index (κ3) is 5.14. The van der Waals surface area contributed by atoms with Gasteiger partial charge < -0.3 is 14.6 Å². The number of hydrogen-bond donors (Lipinski definition) is 1. The number of ether oxygens (including phenoxy) is 2. The second kappa shape index (κ2) is 10.2. The molecule has 0 unspecified atom stereocenters. The number of hydrogen-bond acceptors (Lipinski definition) is 7. The lowest BCUT2D eigenvalue weighted by atomic mass is 10.1. The van der Waals surface area contributed by atoms with Crippen LogP contribution >= 0.6 is 23.1 Å². The summed E-state index contributed by atoms with van der Waals surface area (Å²) < 4.78 is 13.2. The van der Waals surface area contributed by atoms with Gasteiger partial charge in [-0.25, -0.2) is 4.98 Å². The summed E-state index contributed by atoms with van der Waals surface area (Å²) in [5.74, 6) is 1.11. The molecule has 1 saturated heterocycles. The minimum absolute atomic E-state index is 0.000717. The molecule has 1 aliphatic rings. The summed E-state index contributed by atoms with van der Waals surface area (Å²) in [4.78, 5) is 20.2. The Morgan fingerprint density at radius 3 is 2.90 bits per heavy atom. The van der Waals surface area contributed by atoms with Crippen molar-refractivity contribution in [3.63, 3.8) is 0 Å². The van der Waals surface area contributed by atoms with Crippen LogP contribution in [0.2, 0.25) is 0 Å². The third-order valence-electron chi connectivity index (χ3n) is 5.43. The molecule has 0 saturated carbocycles. The highest BCUT2D eigenvalue weighted by atomic mass is 32.2. The van der Waals surface area contributed by atoms with Crippen LogP contribution in [0.1, 0.15) is 30.2 Å². The molecule has 1 aliphatic heterocycles. The van der Waals surface area contributed by atoms with E-state index in [4.69, 9.17) is 14.5 Å². The van der Waals surface area contributed by atoms with Crippen LogP contribution in [0.5, 0.6) is 5.75 Å². The molecule has 0 spiro atoms. The number of para-hydroxylation sites is 1. The van der Waals surface area contributed by atoms with Crippen molar-refractivity contribution in [2.45, 2.75) is 57.0 Å². The SMILES string of the molecule is CCc1c(C)sc2nc(SC[C@H](O)COc3ccccc3)n(C[C@H]3CCCO3)c(=O)c12. The fraction of sp³-hybridized carbons (Fsp3) is 0.478. The predicted molar refractivity (Wildman–Crippen MR) is 126 cm³/mol. The molecule has 0 bridgehead atoms. The lowest BCUT2D eigenvalue weighted by molar-refractivity contribution is 0.0937. The lowest BCUT2D eigenvalue weighted by Gasteiger charge is -2.17. The Hall–Kier alpha value is -1.87. The van der Waals surface area contributed by atoms with Crippen LogP contribution in [0.4, 0.5) is 0 Å². The van der Waals surface area contributed by atoms with Crippen molar-refractivity contribution in [2.24, 2.45) is 0 Å². The van der Waals surface area contributed by atoms with Gasteiger partial charge in [0.1, 0.15) is 17.2 Å². The van der Waals surface area contributed by atoms with Crippen molar-refractivity contribution in [2.75, 3.05) is 19.0 Å². The second-order valence-corrected chi connectivity index (χ2v) is 9.89. The first-order chi connectivity index (χ1) is 15.1. The zero-order valence-electron chi connectivity index (χ0n) is 17.9. The van der Waals surface area contributed by atoms with Crippen LogP contribution in [-0.2, 0) is 17.7 Å². The monoisotopic (exact) mass is 460 g/mol. The summed E-state index contributed by atoms with van der Waals surface area (Å²) in [6.07, 6.45) is 2.14. The molecule has 166 valence electrons. The summed E-state index contributed by atoms with van der Waals surface area (Å²) in [7, 11) is 0. The topological polar surface area (TPSA) is 73.6 Å². The summed E-state index contributed by atoms with van der Waals surface area (Å²) in [5, 5.41) is 11.8. The standard InChI is InChI=1S/C23H28N2O4S2/c1-3-19-15(2)31-21-20(19)22(27)25(12-18-10-7-11-28-18)23(24-21)30-14-16(26)13-29-17-8-5-4-6-9-17/h4-6,8-9,16,18,26H,3,7,10-14H2,1-2H3/t16-,18-/m1/s1. The number of rotatable bonds is 9. The van der Waals surface area contributed by atoms with Crippen LogP contribution in [0, 0.1) is 6.92 Å². The van der Waals surface area contributed by atoms with Crippen LogP contribution in [0.3, 0.4) is 0 Å². The Kier molecular flexibility index (Phi) is 7.32. The maximum atomic E-state index is 13.5. The van der Waals surface area contributed by atoms with E-state index in [0.29, 0.717) is 17.5 Å². The van der Waals surface area contributed by atoms with Gasteiger partial charge in [-0.3, -0.25) is 9.36 Å². The van der Waals surface area contributed by atoms with Gasteiger partial charge in [0, 0.05) is 17.2 Å². The number of aliphatic hydroxyl groups excluding tert-OH is 1. The first-order valence-electron chi connectivity index (χ1n) is 10.7. The van der Waals surface area contributed by atoms with E-state index < -0.39 is 6.10 Å². The van der Waals surface area contributed by atoms with Gasteiger partial charge in [0.2, 0.25) is 0 Å². The Bertz CT molecular complexity index is 1070. The molecule has 1 N–H and O–H groups in total. The smallest absolute Gasteiger partial charge is 0.263 e. The fourth-order valence-electron chi connectivity index (χ4n) is 3.85. The number of aromatic nitrogens is 2. The van der Waals surface area contributed by atoms with E-state index in [-0.39, 0.29) is 18.3 Å². The molecule has 0 aliphatic carbocycles. The Morgan fingerprint density at radius 1 is 1.39 bits per heavy atom. The molecular weight excluding hydrogens is 432 g/mol. The molecule has 6 nitrogen and oxygen atoms in total. The number of aryl methyl sites for hydroxylation is 2. The molecule has 0 amide bonds. The molecule has 2 aromatic heterocycles. The number of nitrogens with zero attached hydrogens (tertiary/aromatic N) is 2. The molecule has 8 heteroatoms. The summed E-state index contributed by atoms with van der Waals surface area (Å²) in [6.45, 7) is 5.55. The zero-order chi connectivity index (χ0) is 21.8. The average molecular weight is 461 g/mol. The number of aliphatic hydroxyl groups is 1. The van der Waals surface area contributed by atoms with E-state index in [1.165, 1.54) is 11.8 Å². The van der Waals surface area contributed by atoms with Crippen molar-refractivity contribution >= 4 is 33.3 Å². The number of benzene rings is 1. The van der Waals surface area contributed by atoms with E-state index in [1.807, 2.05) is 37.3 Å². The summed E-state index contributed by atoms with van der Waals surface area (Å²) in [6, 6.07) is 9.43. The van der Waals surface area contributed by atoms with Gasteiger partial charge in [-0.1, -0.05) is 36.9 Å². The average Bonchev–Trinajstić information content (AvgIpc) is 3.40. The summed E-state index contributed by atoms with van der Waals surface area (Å²) in [5.41, 5.74) is 1.09. The highest BCUT2D eigenvalue weighted by Gasteiger charge is 2.23. The zero-order valence-corrected chi connectivity index (χ0v) is 19.5. The van der Waals surface area contributed by atoms with Crippen molar-refractivity contribution < 1.29 is 14.6 Å². The van der Waals surface area contributed by atoms with Gasteiger partial charge in [0.25, 0.3) is 5.56 Å². The molecule has 1 fully saturated rings. The first kappa shape index (κ1) is 22.3. The molecular formula is C23H28N2O4S2. The van der Waals surface area contributed by atoms with Crippen LogP contribution < -0.4 is 10.3 Å². The molecule has 31 heavy (non-hydrogen) atoms. The fourth-order valence-corrected chi connectivity index (χ4v) is 5.92. The predicted octanol–water partition coefficient (Wildman–Crippen LogP) is 4.04. The molecule has 0 radical (unpaired) electrons. The van der Waals surface area contributed by atoms with E-state index >= 15 is 0 Å². The minimum Gasteiger partial charge on any atom is -0.491 e. The first-order valence-corrected chi connectivity index (χ1v) is 12.5. The summed E-state index contributed by atoms with van der Waals surface area (Å²) >= 11 is 2.97. The lowest BCUT2D eigenvalue weighted by Crippen LogP contribution is -2.29. The van der Waals surface area contributed by atoms with Crippen LogP contribution in [0.15, 0.2) is 40.3 Å². The van der Waals surface area contributed by atoms with Gasteiger partial charge in [0.15, 0.2) is 5.16 Å². The highest BCUT2D eigenvalue weighted by Crippen LogP contribution is 2.30. The van der Waals surface area contributed by atoms with Crippen LogP contribution in [0.25, 0.3) is 10.2 Å². The number of thioether (sulfide) groups is 1. The van der Waals surface area contributed by atoms with Gasteiger partial charge >= 0.3 is 0 Å². The van der Waals surface area contributed by atoms with E-state index in [2.05, 4.69) is 6.92 Å². The van der Waals surface area contributed by atoms with E-state index in [0.717, 1.165) is 52.3 Å².